The number of nitrogens with zero attached hydrogens (tertiary/aromatic N) is 5. The van der Waals surface area contributed by atoms with Crippen molar-refractivity contribution in [2.75, 3.05) is 41.8 Å². The number of anilines is 3. The lowest BCUT2D eigenvalue weighted by atomic mass is 9.82. The molecule has 16 heteroatoms. The van der Waals surface area contributed by atoms with Gasteiger partial charge < -0.3 is 25.6 Å². The summed E-state index contributed by atoms with van der Waals surface area (Å²) in [6, 6.07) is 10.2. The van der Waals surface area contributed by atoms with Crippen LogP contribution in [0.4, 0.5) is 31.0 Å². The number of benzene rings is 1. The van der Waals surface area contributed by atoms with Crippen molar-refractivity contribution in [1.29, 1.82) is 0 Å². The summed E-state index contributed by atoms with van der Waals surface area (Å²) in [7, 11) is 0. The van der Waals surface area contributed by atoms with Crippen LogP contribution in [0, 0.1) is 17.6 Å². The van der Waals surface area contributed by atoms with Gasteiger partial charge in [0.25, 0.3) is 0 Å². The van der Waals surface area contributed by atoms with Gasteiger partial charge in [-0.1, -0.05) is 12.1 Å². The molecular formula is C42H51F2N9O5. The number of nitrogens with one attached hydrogen (secondary N) is 4. The fraction of sp³-hybridized carbons (Fsp3) is 0.548. The number of aromatic nitrogens is 3. The number of carbonyl (C=O) groups excluding carboxylic acids is 4. The Morgan fingerprint density at radius 2 is 1.60 bits per heavy atom. The van der Waals surface area contributed by atoms with Gasteiger partial charge in [-0.2, -0.15) is 0 Å². The summed E-state index contributed by atoms with van der Waals surface area (Å²) in [5.74, 6) is -0.598. The lowest BCUT2D eigenvalue weighted by Gasteiger charge is -2.41. The third-order valence-electron chi connectivity index (χ3n) is 12.5. The zero-order valence-electron chi connectivity index (χ0n) is 32.6. The van der Waals surface area contributed by atoms with E-state index < -0.39 is 18.0 Å². The maximum Gasteiger partial charge on any atom is 0.415 e. The smallest absolute Gasteiger partial charge is 0.415 e. The van der Waals surface area contributed by atoms with Crippen LogP contribution < -0.4 is 26.2 Å². The van der Waals surface area contributed by atoms with Gasteiger partial charge in [0.05, 0.1) is 18.5 Å². The molecule has 2 aromatic heterocycles. The zero-order chi connectivity index (χ0) is 40.2. The minimum absolute atomic E-state index is 0.00439. The molecule has 5 heterocycles. The first kappa shape index (κ1) is 39.6. The minimum atomic E-state index is -0.611. The number of hydrogen-bond donors (Lipinski definition) is 4. The van der Waals surface area contributed by atoms with Crippen LogP contribution in [0.5, 0.6) is 0 Å². The third-order valence-corrected chi connectivity index (χ3v) is 12.5. The second-order valence-corrected chi connectivity index (χ2v) is 16.3. The number of rotatable bonds is 10. The summed E-state index contributed by atoms with van der Waals surface area (Å²) < 4.78 is 35.3. The molecule has 58 heavy (non-hydrogen) atoms. The standard InChI is InChI=1S/C42H51F2N9O5/c43-32-23-29(46-35-15-16-37(54)50-40(35)56)11-14-31(32)25-17-20-52(21-18-25)30-12-5-26(6-13-30)39(55)47-27-7-9-28(10-8-27)48-41-45-24-33(44)38(51-41)34-3-1-4-36(49-34)53-19-2-22-58-42(53)57/h1,3-4,11,14,23-28,30,35,46H,2,5-10,12-13,15-22H2,(H,47,55)(H,45,48,51)(H,50,54,56). The fourth-order valence-corrected chi connectivity index (χ4v) is 9.22. The van der Waals surface area contributed by atoms with Crippen LogP contribution in [0.1, 0.15) is 95.0 Å². The highest BCUT2D eigenvalue weighted by Gasteiger charge is 2.34. The average molecular weight is 800 g/mol. The molecule has 3 saturated heterocycles. The number of amides is 4. The largest absolute Gasteiger partial charge is 0.449 e. The van der Waals surface area contributed by atoms with Crippen LogP contribution in [0.2, 0.25) is 0 Å². The Bertz CT molecular complexity index is 2000. The summed E-state index contributed by atoms with van der Waals surface area (Å²) >= 11 is 0. The van der Waals surface area contributed by atoms with Crippen molar-refractivity contribution in [2.24, 2.45) is 5.92 Å². The number of likely N-dealkylation sites (tertiary alicyclic amines) is 1. The summed E-state index contributed by atoms with van der Waals surface area (Å²) in [5, 5.41) is 12.1. The molecule has 4 amide bonds. The molecule has 3 aliphatic heterocycles. The lowest BCUT2D eigenvalue weighted by molar-refractivity contribution is -0.133. The first-order chi connectivity index (χ1) is 28.2. The highest BCUT2D eigenvalue weighted by molar-refractivity contribution is 6.01. The van der Waals surface area contributed by atoms with Crippen LogP contribution >= 0.6 is 0 Å². The summed E-state index contributed by atoms with van der Waals surface area (Å²) in [4.78, 5) is 66.2. The van der Waals surface area contributed by atoms with E-state index in [0.717, 1.165) is 83.5 Å². The summed E-state index contributed by atoms with van der Waals surface area (Å²) in [6.07, 6.45) is 10.6. The molecule has 308 valence electrons. The minimum Gasteiger partial charge on any atom is -0.449 e. The van der Waals surface area contributed by atoms with Crippen molar-refractivity contribution < 1.29 is 32.7 Å². The second kappa shape index (κ2) is 17.7. The second-order valence-electron chi connectivity index (χ2n) is 16.3. The van der Waals surface area contributed by atoms with Crippen LogP contribution in [-0.4, -0.2) is 94.1 Å². The van der Waals surface area contributed by atoms with Crippen LogP contribution in [0.25, 0.3) is 11.4 Å². The predicted molar refractivity (Wildman–Crippen MR) is 212 cm³/mol. The van der Waals surface area contributed by atoms with Gasteiger partial charge in [-0.3, -0.25) is 24.6 Å². The van der Waals surface area contributed by atoms with E-state index in [1.54, 1.807) is 18.2 Å². The van der Waals surface area contributed by atoms with Crippen molar-refractivity contribution in [3.63, 3.8) is 0 Å². The Labute approximate surface area is 336 Å². The van der Waals surface area contributed by atoms with E-state index in [9.17, 15) is 23.6 Å². The van der Waals surface area contributed by atoms with Crippen LogP contribution in [0.3, 0.4) is 0 Å². The molecule has 0 spiro atoms. The fourth-order valence-electron chi connectivity index (χ4n) is 9.22. The van der Waals surface area contributed by atoms with Crippen molar-refractivity contribution in [3.05, 3.63) is 59.8 Å². The number of piperidine rings is 2. The van der Waals surface area contributed by atoms with E-state index in [2.05, 4.69) is 41.1 Å². The molecule has 5 fully saturated rings. The molecule has 1 atom stereocenters. The molecule has 1 unspecified atom stereocenters. The molecule has 0 bridgehead atoms. The van der Waals surface area contributed by atoms with E-state index in [1.165, 1.54) is 11.0 Å². The number of ether oxygens (including phenoxy) is 1. The Balaban J connectivity index is 0.754. The maximum atomic E-state index is 15.3. The Kier molecular flexibility index (Phi) is 12.1. The number of halogens is 2. The van der Waals surface area contributed by atoms with Gasteiger partial charge in [0.2, 0.25) is 23.7 Å². The number of imide groups is 1. The molecule has 3 aromatic rings. The Morgan fingerprint density at radius 3 is 2.34 bits per heavy atom. The van der Waals surface area contributed by atoms with Gasteiger partial charge in [0.15, 0.2) is 5.82 Å². The van der Waals surface area contributed by atoms with Crippen LogP contribution in [0.15, 0.2) is 42.6 Å². The Hall–Kier alpha value is -5.25. The number of hydrogen-bond acceptors (Lipinski definition) is 11. The zero-order valence-corrected chi connectivity index (χ0v) is 32.6. The van der Waals surface area contributed by atoms with Gasteiger partial charge in [0, 0.05) is 42.7 Å². The normalized spacial score (nSPS) is 26.1. The van der Waals surface area contributed by atoms with Gasteiger partial charge in [-0.05, 0) is 126 Å². The van der Waals surface area contributed by atoms with E-state index in [4.69, 9.17) is 4.74 Å². The molecule has 2 saturated carbocycles. The van der Waals surface area contributed by atoms with E-state index in [-0.39, 0.29) is 59.6 Å². The van der Waals surface area contributed by atoms with Gasteiger partial charge in [0.1, 0.15) is 23.4 Å². The highest BCUT2D eigenvalue weighted by atomic mass is 19.1. The van der Waals surface area contributed by atoms with E-state index in [1.807, 2.05) is 12.1 Å². The number of cyclic esters (lactones) is 1. The summed E-state index contributed by atoms with van der Waals surface area (Å²) in [6.45, 7) is 2.62. The monoisotopic (exact) mass is 799 g/mol. The molecular weight excluding hydrogens is 749 g/mol. The van der Waals surface area contributed by atoms with Gasteiger partial charge >= 0.3 is 6.09 Å². The molecule has 0 radical (unpaired) electrons. The Morgan fingerprint density at radius 1 is 0.828 bits per heavy atom. The molecule has 4 N–H and O–H groups in total. The lowest BCUT2D eigenvalue weighted by Crippen LogP contribution is -2.47. The first-order valence-electron chi connectivity index (χ1n) is 20.8. The van der Waals surface area contributed by atoms with Crippen molar-refractivity contribution in [1.82, 2.24) is 30.5 Å². The van der Waals surface area contributed by atoms with Crippen molar-refractivity contribution in [2.45, 2.75) is 114 Å². The van der Waals surface area contributed by atoms with Gasteiger partial charge in [-0.15, -0.1) is 0 Å². The van der Waals surface area contributed by atoms with E-state index in [0.29, 0.717) is 60.7 Å². The first-order valence-corrected chi connectivity index (χ1v) is 20.8. The molecule has 1 aromatic carbocycles. The molecule has 2 aliphatic carbocycles. The average Bonchev–Trinajstić information content (AvgIpc) is 3.24. The van der Waals surface area contributed by atoms with Crippen molar-refractivity contribution >= 4 is 41.3 Å². The molecule has 14 nitrogen and oxygen atoms in total. The number of pyridine rings is 1. The number of carbonyl (C=O) groups is 4. The topological polar surface area (TPSA) is 171 Å². The summed E-state index contributed by atoms with van der Waals surface area (Å²) in [5.41, 5.74) is 1.58. The molecule has 5 aliphatic rings. The quantitative estimate of drug-likeness (QED) is 0.187. The van der Waals surface area contributed by atoms with Gasteiger partial charge in [-0.25, -0.2) is 28.5 Å². The third kappa shape index (κ3) is 9.22. The van der Waals surface area contributed by atoms with Crippen LogP contribution in [-0.2, 0) is 19.1 Å². The molecule has 8 rings (SSSR count). The van der Waals surface area contributed by atoms with Crippen molar-refractivity contribution in [3.8, 4) is 11.4 Å². The SMILES string of the molecule is O=C1CCC(Nc2ccc(C3CCN(C4CCC(C(=O)NC5CCC(Nc6ncc(F)c(-c7cccc(N8CCCOC8=O)n7)n6)CC5)CC4)CC3)c(F)c2)C(=O)N1. The maximum absolute atomic E-state index is 15.3. The predicted octanol–water partition coefficient (Wildman–Crippen LogP) is 5.66. The highest BCUT2D eigenvalue weighted by Crippen LogP contribution is 2.36. The van der Waals surface area contributed by atoms with E-state index >= 15 is 4.39 Å².